The lowest BCUT2D eigenvalue weighted by Crippen LogP contribution is -2.44. The molecular weight excluding hydrogens is 334 g/mol. The topological polar surface area (TPSA) is 103 Å². The van der Waals surface area contributed by atoms with Crippen molar-refractivity contribution in [2.24, 2.45) is 0 Å². The van der Waals surface area contributed by atoms with Crippen molar-refractivity contribution in [1.82, 2.24) is 19.0 Å². The number of nitrogens with zero attached hydrogens (tertiary/aromatic N) is 4. The lowest BCUT2D eigenvalue weighted by atomic mass is 10.2. The van der Waals surface area contributed by atoms with Gasteiger partial charge in [0.2, 0.25) is 5.91 Å². The maximum Gasteiger partial charge on any atom is 0.333 e. The number of hydrogen-bond donors (Lipinski definition) is 1. The molecular formula is C18H19N5O3. The first kappa shape index (κ1) is 17.4. The molecule has 0 radical (unpaired) electrons. The van der Waals surface area contributed by atoms with Gasteiger partial charge in [0, 0.05) is 26.0 Å². The van der Waals surface area contributed by atoms with Gasteiger partial charge in [-0.25, -0.2) is 9.78 Å². The highest BCUT2D eigenvalue weighted by Crippen LogP contribution is 2.10. The van der Waals surface area contributed by atoms with Crippen LogP contribution in [0.2, 0.25) is 0 Å². The molecule has 8 nitrogen and oxygen atoms in total. The van der Waals surface area contributed by atoms with E-state index in [2.05, 4.69) is 4.98 Å². The van der Waals surface area contributed by atoms with Crippen molar-refractivity contribution in [1.29, 1.82) is 0 Å². The second-order valence-electron chi connectivity index (χ2n) is 6.16. The number of benzene rings is 1. The summed E-state index contributed by atoms with van der Waals surface area (Å²) in [6.45, 7) is -0.111. The second kappa shape index (κ2) is 6.83. The minimum absolute atomic E-state index is 0.211. The summed E-state index contributed by atoms with van der Waals surface area (Å²) in [6, 6.07) is 10.3. The summed E-state index contributed by atoms with van der Waals surface area (Å²) >= 11 is 0. The molecule has 0 atom stereocenters. The third kappa shape index (κ3) is 3.21. The minimum atomic E-state index is -0.576. The maximum atomic E-state index is 12.9. The van der Waals surface area contributed by atoms with E-state index in [9.17, 15) is 14.4 Å². The molecule has 0 fully saturated rings. The van der Waals surface area contributed by atoms with Gasteiger partial charge in [-0.05, 0) is 29.8 Å². The molecule has 0 unspecified atom stereocenters. The minimum Gasteiger partial charge on any atom is -0.399 e. The predicted octanol–water partition coefficient (Wildman–Crippen LogP) is 0.277. The van der Waals surface area contributed by atoms with Crippen LogP contribution in [0.4, 0.5) is 5.69 Å². The van der Waals surface area contributed by atoms with Gasteiger partial charge in [0.15, 0.2) is 0 Å². The van der Waals surface area contributed by atoms with E-state index < -0.39 is 11.2 Å². The number of fused-ring (bicyclic) bond motifs is 1. The fourth-order valence-corrected chi connectivity index (χ4v) is 2.61. The highest BCUT2D eigenvalue weighted by Gasteiger charge is 2.17. The normalized spacial score (nSPS) is 10.8. The molecule has 0 bridgehead atoms. The summed E-state index contributed by atoms with van der Waals surface area (Å²) in [5.41, 5.74) is 6.33. The Bertz CT molecular complexity index is 1080. The van der Waals surface area contributed by atoms with Gasteiger partial charge in [-0.15, -0.1) is 0 Å². The molecule has 0 saturated heterocycles. The monoisotopic (exact) mass is 353 g/mol. The number of carbonyl (C=O) groups excluding carboxylic acids is 1. The average Bonchev–Trinajstić information content (AvgIpc) is 2.63. The molecule has 0 aliphatic carbocycles. The molecule has 2 heterocycles. The Kier molecular flexibility index (Phi) is 4.57. The van der Waals surface area contributed by atoms with E-state index in [1.54, 1.807) is 50.5 Å². The van der Waals surface area contributed by atoms with Gasteiger partial charge in [-0.2, -0.15) is 0 Å². The molecule has 8 heteroatoms. The van der Waals surface area contributed by atoms with Gasteiger partial charge < -0.3 is 10.6 Å². The number of hydrogen-bond acceptors (Lipinski definition) is 5. The summed E-state index contributed by atoms with van der Waals surface area (Å²) in [6.07, 6.45) is 1.52. The Morgan fingerprint density at radius 3 is 2.46 bits per heavy atom. The summed E-state index contributed by atoms with van der Waals surface area (Å²) in [5.74, 6) is -0.341. The van der Waals surface area contributed by atoms with Crippen LogP contribution in [0.3, 0.4) is 0 Å². The zero-order chi connectivity index (χ0) is 18.8. The summed E-state index contributed by atoms with van der Waals surface area (Å²) in [4.78, 5) is 43.2. The molecule has 1 amide bonds. The summed E-state index contributed by atoms with van der Waals surface area (Å²) in [5, 5.41) is 0.286. The Balaban J connectivity index is 2.20. The molecule has 3 aromatic rings. The Morgan fingerprint density at radius 2 is 1.81 bits per heavy atom. The predicted molar refractivity (Wildman–Crippen MR) is 98.9 cm³/mol. The molecule has 26 heavy (non-hydrogen) atoms. The van der Waals surface area contributed by atoms with Crippen molar-refractivity contribution in [2.75, 3.05) is 19.8 Å². The Labute approximate surface area is 149 Å². The van der Waals surface area contributed by atoms with Crippen molar-refractivity contribution in [2.45, 2.75) is 13.1 Å². The van der Waals surface area contributed by atoms with E-state index in [4.69, 9.17) is 5.73 Å². The third-order valence-electron chi connectivity index (χ3n) is 4.09. The highest BCUT2D eigenvalue weighted by atomic mass is 16.2. The zero-order valence-corrected chi connectivity index (χ0v) is 14.5. The molecule has 3 rings (SSSR count). The lowest BCUT2D eigenvalue weighted by Gasteiger charge is -2.15. The summed E-state index contributed by atoms with van der Waals surface area (Å²) in [7, 11) is 3.14. The molecule has 134 valence electrons. The molecule has 0 spiro atoms. The number of aromatic nitrogens is 3. The largest absolute Gasteiger partial charge is 0.399 e. The van der Waals surface area contributed by atoms with Crippen molar-refractivity contribution >= 4 is 22.6 Å². The van der Waals surface area contributed by atoms with Gasteiger partial charge >= 0.3 is 5.69 Å². The maximum absolute atomic E-state index is 12.9. The SMILES string of the molecule is CN(C)C(=O)Cn1c(=O)c2cccnc2n(Cc2ccc(N)cc2)c1=O. The van der Waals surface area contributed by atoms with Crippen molar-refractivity contribution < 1.29 is 4.79 Å². The molecule has 0 aliphatic rings. The van der Waals surface area contributed by atoms with Crippen LogP contribution in [0.25, 0.3) is 11.0 Å². The van der Waals surface area contributed by atoms with E-state index >= 15 is 0 Å². The molecule has 0 saturated carbocycles. The van der Waals surface area contributed by atoms with Gasteiger partial charge in [0.1, 0.15) is 12.2 Å². The fourth-order valence-electron chi connectivity index (χ4n) is 2.61. The quantitative estimate of drug-likeness (QED) is 0.679. The third-order valence-corrected chi connectivity index (χ3v) is 4.09. The molecule has 1 aromatic carbocycles. The fraction of sp³-hybridized carbons (Fsp3) is 0.222. The van der Waals surface area contributed by atoms with Crippen LogP contribution in [-0.2, 0) is 17.9 Å². The zero-order valence-electron chi connectivity index (χ0n) is 14.5. The standard InChI is InChI=1S/C18H19N5O3/c1-21(2)15(24)11-23-17(25)14-4-3-9-20-16(14)22(18(23)26)10-12-5-7-13(19)8-6-12/h3-9H,10-11,19H2,1-2H3. The van der Waals surface area contributed by atoms with Gasteiger partial charge in [-0.1, -0.05) is 12.1 Å². The van der Waals surface area contributed by atoms with Crippen LogP contribution in [0.1, 0.15) is 5.56 Å². The van der Waals surface area contributed by atoms with Crippen molar-refractivity contribution in [3.8, 4) is 0 Å². The van der Waals surface area contributed by atoms with E-state index in [1.165, 1.54) is 15.7 Å². The van der Waals surface area contributed by atoms with Crippen molar-refractivity contribution in [3.63, 3.8) is 0 Å². The smallest absolute Gasteiger partial charge is 0.333 e. The number of nitrogen functional groups attached to an aromatic ring is 1. The number of amides is 1. The first-order valence-electron chi connectivity index (χ1n) is 8.01. The highest BCUT2D eigenvalue weighted by molar-refractivity contribution is 5.77. The number of anilines is 1. The lowest BCUT2D eigenvalue weighted by molar-refractivity contribution is -0.129. The first-order chi connectivity index (χ1) is 12.4. The Morgan fingerprint density at radius 1 is 1.12 bits per heavy atom. The number of carbonyl (C=O) groups is 1. The van der Waals surface area contributed by atoms with Gasteiger partial charge in [0.05, 0.1) is 11.9 Å². The second-order valence-corrected chi connectivity index (χ2v) is 6.16. The number of pyridine rings is 1. The van der Waals surface area contributed by atoms with Crippen LogP contribution in [-0.4, -0.2) is 39.0 Å². The Hall–Kier alpha value is -3.42. The van der Waals surface area contributed by atoms with Crippen LogP contribution >= 0.6 is 0 Å². The van der Waals surface area contributed by atoms with E-state index in [0.717, 1.165) is 10.1 Å². The number of likely N-dealkylation sites (N-methyl/N-ethyl adjacent to an activating group) is 1. The van der Waals surface area contributed by atoms with E-state index in [-0.39, 0.29) is 30.0 Å². The van der Waals surface area contributed by atoms with Crippen LogP contribution in [0, 0.1) is 0 Å². The number of rotatable bonds is 4. The number of nitrogens with two attached hydrogens (primary N) is 1. The van der Waals surface area contributed by atoms with Gasteiger partial charge in [0.25, 0.3) is 5.56 Å². The average molecular weight is 353 g/mol. The van der Waals surface area contributed by atoms with E-state index in [0.29, 0.717) is 5.69 Å². The molecule has 0 aliphatic heterocycles. The first-order valence-corrected chi connectivity index (χ1v) is 8.01. The van der Waals surface area contributed by atoms with Gasteiger partial charge in [-0.3, -0.25) is 18.7 Å². The molecule has 2 N–H and O–H groups in total. The van der Waals surface area contributed by atoms with Crippen LogP contribution < -0.4 is 17.0 Å². The van der Waals surface area contributed by atoms with Crippen molar-refractivity contribution in [3.05, 3.63) is 69.0 Å². The van der Waals surface area contributed by atoms with E-state index in [1.807, 2.05) is 0 Å². The van der Waals surface area contributed by atoms with Crippen LogP contribution in [0.15, 0.2) is 52.2 Å². The summed E-state index contributed by atoms with van der Waals surface area (Å²) < 4.78 is 2.34. The molecule has 2 aromatic heterocycles. The van der Waals surface area contributed by atoms with Crippen LogP contribution in [0.5, 0.6) is 0 Å².